The zero-order valence-electron chi connectivity index (χ0n) is 9.49. The van der Waals surface area contributed by atoms with Crippen LogP contribution in [-0.2, 0) is 10.8 Å². The molecule has 1 fully saturated rings. The molecule has 1 aliphatic heterocycles. The maximum atomic E-state index is 5.87. The van der Waals surface area contributed by atoms with E-state index in [1.165, 1.54) is 30.9 Å². The summed E-state index contributed by atoms with van der Waals surface area (Å²) in [7, 11) is -0.732. The minimum atomic E-state index is -0.732. The van der Waals surface area contributed by atoms with E-state index >= 15 is 0 Å². The molecule has 2 rings (SSSR count). The Kier molecular flexibility index (Phi) is 3.98. The first-order valence-corrected chi connectivity index (χ1v) is 8.65. The number of benzene rings is 1. The summed E-state index contributed by atoms with van der Waals surface area (Å²) in [5.41, 5.74) is 2.12. The van der Waals surface area contributed by atoms with E-state index in [1.807, 2.05) is 0 Å². The molecule has 15 heavy (non-hydrogen) atoms. The van der Waals surface area contributed by atoms with Gasteiger partial charge >= 0.3 is 0 Å². The Balaban J connectivity index is 1.88. The zero-order valence-corrected chi connectivity index (χ0v) is 10.6. The molecule has 0 amide bonds. The number of hydrogen-bond acceptors (Lipinski definition) is 1. The van der Waals surface area contributed by atoms with Crippen LogP contribution in [0, 0.1) is 0 Å². The monoisotopic (exact) mass is 220 g/mol. The van der Waals surface area contributed by atoms with Gasteiger partial charge in [0.25, 0.3) is 0 Å². The molecule has 2 heteroatoms. The quantitative estimate of drug-likeness (QED) is 0.712. The van der Waals surface area contributed by atoms with Gasteiger partial charge in [0.2, 0.25) is 0 Å². The lowest BCUT2D eigenvalue weighted by Crippen LogP contribution is -2.35. The summed E-state index contributed by atoms with van der Waals surface area (Å²) in [4.78, 5) is 0. The fourth-order valence-corrected chi connectivity index (χ4v) is 4.88. The van der Waals surface area contributed by atoms with Gasteiger partial charge < -0.3 is 4.74 Å². The molecule has 0 aliphatic carbocycles. The molecule has 1 aliphatic rings. The number of ether oxygens (including phenoxy) is 1. The van der Waals surface area contributed by atoms with Gasteiger partial charge in [0, 0.05) is 12.3 Å². The fraction of sp³-hybridized carbons (Fsp3) is 0.538. The van der Waals surface area contributed by atoms with Crippen LogP contribution in [0.15, 0.2) is 30.3 Å². The van der Waals surface area contributed by atoms with Crippen LogP contribution in [0.5, 0.6) is 0 Å². The summed E-state index contributed by atoms with van der Waals surface area (Å²) in [6.45, 7) is 3.44. The van der Waals surface area contributed by atoms with Crippen molar-refractivity contribution in [1.29, 1.82) is 0 Å². The van der Waals surface area contributed by atoms with Crippen LogP contribution < -0.4 is 0 Å². The van der Waals surface area contributed by atoms with Gasteiger partial charge in [-0.3, -0.25) is 0 Å². The largest absolute Gasteiger partial charge is 0.382 e. The summed E-state index contributed by atoms with van der Waals surface area (Å²) in [6, 6.07) is 12.1. The molecule has 0 spiro atoms. The molecule has 1 heterocycles. The van der Waals surface area contributed by atoms with Crippen molar-refractivity contribution in [1.82, 2.24) is 0 Å². The Morgan fingerprint density at radius 1 is 1.27 bits per heavy atom. The molecule has 2 unspecified atom stereocenters. The van der Waals surface area contributed by atoms with Crippen molar-refractivity contribution in [2.24, 2.45) is 0 Å². The smallest absolute Gasteiger partial charge is 0.0729 e. The van der Waals surface area contributed by atoms with Crippen LogP contribution in [0.4, 0.5) is 0 Å². The van der Waals surface area contributed by atoms with Gasteiger partial charge in [0.1, 0.15) is 0 Å². The van der Waals surface area contributed by atoms with E-state index < -0.39 is 8.80 Å². The standard InChI is InChI=1S/C13H20OSi/c1-15(13-9-5-6-10-14-13)11-12-7-3-2-4-8-12/h2-4,7-8,13,15H,5-6,9-11H2,1H3. The topological polar surface area (TPSA) is 9.23 Å². The van der Waals surface area contributed by atoms with Gasteiger partial charge in [0.15, 0.2) is 0 Å². The van der Waals surface area contributed by atoms with Gasteiger partial charge in [-0.2, -0.15) is 0 Å². The van der Waals surface area contributed by atoms with Gasteiger partial charge in [-0.25, -0.2) is 0 Å². The minimum absolute atomic E-state index is 0.624. The highest BCUT2D eigenvalue weighted by Gasteiger charge is 2.21. The van der Waals surface area contributed by atoms with Crippen LogP contribution in [0.3, 0.4) is 0 Å². The molecular weight excluding hydrogens is 200 g/mol. The van der Waals surface area contributed by atoms with E-state index in [2.05, 4.69) is 36.9 Å². The average molecular weight is 220 g/mol. The zero-order chi connectivity index (χ0) is 10.5. The second-order valence-corrected chi connectivity index (χ2v) is 7.68. The van der Waals surface area contributed by atoms with Crippen molar-refractivity contribution in [3.63, 3.8) is 0 Å². The highest BCUT2D eigenvalue weighted by Crippen LogP contribution is 2.17. The highest BCUT2D eigenvalue weighted by atomic mass is 28.3. The molecule has 0 N–H and O–H groups in total. The lowest BCUT2D eigenvalue weighted by atomic mass is 10.2. The molecule has 1 nitrogen and oxygen atoms in total. The summed E-state index contributed by atoms with van der Waals surface area (Å²) < 4.78 is 5.87. The normalized spacial score (nSPS) is 23.7. The second-order valence-electron chi connectivity index (χ2n) is 4.57. The Morgan fingerprint density at radius 3 is 2.73 bits per heavy atom. The van der Waals surface area contributed by atoms with Crippen LogP contribution in [0.2, 0.25) is 6.55 Å². The second kappa shape index (κ2) is 5.47. The molecule has 2 atom stereocenters. The summed E-state index contributed by atoms with van der Waals surface area (Å²) in [5.74, 6) is 0. The van der Waals surface area contributed by atoms with E-state index in [0.717, 1.165) is 6.61 Å². The van der Waals surface area contributed by atoms with Crippen LogP contribution in [-0.4, -0.2) is 21.1 Å². The van der Waals surface area contributed by atoms with Crippen molar-refractivity contribution in [2.45, 2.75) is 37.6 Å². The number of rotatable bonds is 3. The van der Waals surface area contributed by atoms with Crippen molar-refractivity contribution in [2.75, 3.05) is 6.61 Å². The highest BCUT2D eigenvalue weighted by molar-refractivity contribution is 6.58. The fourth-order valence-electron chi connectivity index (χ4n) is 2.33. The Hall–Kier alpha value is -0.603. The predicted molar refractivity (Wildman–Crippen MR) is 66.8 cm³/mol. The number of hydrogen-bond donors (Lipinski definition) is 0. The van der Waals surface area contributed by atoms with Crippen molar-refractivity contribution in [3.05, 3.63) is 35.9 Å². The van der Waals surface area contributed by atoms with Crippen molar-refractivity contribution in [3.8, 4) is 0 Å². The first-order valence-electron chi connectivity index (χ1n) is 6.02. The van der Waals surface area contributed by atoms with Gasteiger partial charge in [-0.05, 0) is 25.3 Å². The molecular formula is C13H20OSi. The third kappa shape index (κ3) is 3.18. The summed E-state index contributed by atoms with van der Waals surface area (Å²) in [6.07, 6.45) is 3.94. The Morgan fingerprint density at radius 2 is 2.07 bits per heavy atom. The van der Waals surface area contributed by atoms with Crippen molar-refractivity contribution < 1.29 is 4.74 Å². The predicted octanol–water partition coefficient (Wildman–Crippen LogP) is 2.73. The van der Waals surface area contributed by atoms with Gasteiger partial charge in [-0.1, -0.05) is 42.4 Å². The summed E-state index contributed by atoms with van der Waals surface area (Å²) >= 11 is 0. The average Bonchev–Trinajstić information content (AvgIpc) is 2.31. The van der Waals surface area contributed by atoms with Crippen molar-refractivity contribution >= 4 is 8.80 Å². The van der Waals surface area contributed by atoms with E-state index in [4.69, 9.17) is 4.74 Å². The van der Waals surface area contributed by atoms with Crippen LogP contribution in [0.1, 0.15) is 24.8 Å². The Labute approximate surface area is 94.1 Å². The molecule has 82 valence electrons. The van der Waals surface area contributed by atoms with E-state index in [9.17, 15) is 0 Å². The summed E-state index contributed by atoms with van der Waals surface area (Å²) in [5, 5.41) is 0. The SMILES string of the molecule is C[SiH](Cc1ccccc1)C1CCCCO1. The Bertz CT molecular complexity index is 280. The van der Waals surface area contributed by atoms with Gasteiger partial charge in [0.05, 0.1) is 8.80 Å². The maximum Gasteiger partial charge on any atom is 0.0729 e. The molecule has 0 radical (unpaired) electrons. The van der Waals surface area contributed by atoms with Gasteiger partial charge in [-0.15, -0.1) is 0 Å². The van der Waals surface area contributed by atoms with E-state index in [1.54, 1.807) is 0 Å². The molecule has 0 bridgehead atoms. The first kappa shape index (κ1) is 10.9. The molecule has 1 aromatic carbocycles. The lowest BCUT2D eigenvalue weighted by Gasteiger charge is -2.27. The van der Waals surface area contributed by atoms with E-state index in [-0.39, 0.29) is 0 Å². The maximum absolute atomic E-state index is 5.87. The molecule has 0 aromatic heterocycles. The van der Waals surface area contributed by atoms with Crippen LogP contribution >= 0.6 is 0 Å². The van der Waals surface area contributed by atoms with E-state index in [0.29, 0.717) is 5.73 Å². The molecule has 0 saturated carbocycles. The lowest BCUT2D eigenvalue weighted by molar-refractivity contribution is 0.0625. The minimum Gasteiger partial charge on any atom is -0.382 e. The third-order valence-corrected chi connectivity index (χ3v) is 6.16. The first-order chi connectivity index (χ1) is 7.36. The molecule has 1 aromatic rings. The third-order valence-electron chi connectivity index (χ3n) is 3.25. The molecule has 1 saturated heterocycles. The van der Waals surface area contributed by atoms with Crippen LogP contribution in [0.25, 0.3) is 0 Å².